The van der Waals surface area contributed by atoms with Gasteiger partial charge in [0.15, 0.2) is 0 Å². The Bertz CT molecular complexity index is 788. The van der Waals surface area contributed by atoms with Crippen molar-refractivity contribution >= 4 is 17.8 Å². The number of aliphatic hydroxyl groups is 3. The summed E-state index contributed by atoms with van der Waals surface area (Å²) in [6, 6.07) is 4.96. The van der Waals surface area contributed by atoms with Gasteiger partial charge in [0.05, 0.1) is 19.2 Å². The second-order valence-electron chi connectivity index (χ2n) is 7.38. The fourth-order valence-corrected chi connectivity index (χ4v) is 3.06. The summed E-state index contributed by atoms with van der Waals surface area (Å²) in [5.41, 5.74) is -0.960. The molecule has 1 aliphatic heterocycles. The molecule has 0 aliphatic carbocycles. The topological polar surface area (TPSA) is 198 Å². The van der Waals surface area contributed by atoms with Gasteiger partial charge >= 0.3 is 5.97 Å². The number of carboxylic acid groups (broad SMARTS) is 1. The molecular weight excluding hydrogens is 414 g/mol. The van der Waals surface area contributed by atoms with Crippen LogP contribution in [0.5, 0.6) is 5.75 Å². The third-order valence-electron chi connectivity index (χ3n) is 4.85. The van der Waals surface area contributed by atoms with Crippen molar-refractivity contribution in [2.75, 3.05) is 19.7 Å². The minimum Gasteiger partial charge on any atom is -0.508 e. The lowest BCUT2D eigenvalue weighted by atomic mass is 9.94. The first-order chi connectivity index (χ1) is 14.5. The predicted octanol–water partition coefficient (Wildman–Crippen LogP) is -2.96. The highest BCUT2D eigenvalue weighted by Gasteiger charge is 2.47. The van der Waals surface area contributed by atoms with E-state index in [1.54, 1.807) is 12.1 Å². The summed E-state index contributed by atoms with van der Waals surface area (Å²) in [7, 11) is 0. The molecule has 1 aromatic rings. The molecule has 1 fully saturated rings. The van der Waals surface area contributed by atoms with Crippen LogP contribution in [0.3, 0.4) is 0 Å². The maximum absolute atomic E-state index is 12.8. The molecule has 0 spiro atoms. The Morgan fingerprint density at radius 3 is 2.39 bits per heavy atom. The Labute approximate surface area is 177 Å². The summed E-state index contributed by atoms with van der Waals surface area (Å²) in [6.07, 6.45) is -4.31. The summed E-state index contributed by atoms with van der Waals surface area (Å²) in [5, 5.41) is 55.3. The van der Waals surface area contributed by atoms with Crippen LogP contribution >= 0.6 is 0 Å². The van der Waals surface area contributed by atoms with E-state index in [1.165, 1.54) is 19.1 Å². The van der Waals surface area contributed by atoms with Crippen LogP contribution in [0.15, 0.2) is 24.3 Å². The number of phenols is 1. The van der Waals surface area contributed by atoms with Gasteiger partial charge in [0.1, 0.15) is 36.3 Å². The fourth-order valence-electron chi connectivity index (χ4n) is 3.06. The van der Waals surface area contributed by atoms with Crippen LogP contribution < -0.4 is 16.0 Å². The number of carboxylic acids is 1. The molecule has 0 aromatic heterocycles. The first-order valence-corrected chi connectivity index (χ1v) is 9.52. The number of hydrogen-bond acceptors (Lipinski definition) is 9. The van der Waals surface area contributed by atoms with Gasteiger partial charge in [-0.3, -0.25) is 19.7 Å². The van der Waals surface area contributed by atoms with Crippen molar-refractivity contribution in [2.24, 2.45) is 0 Å². The Morgan fingerprint density at radius 1 is 1.13 bits per heavy atom. The van der Waals surface area contributed by atoms with E-state index in [0.29, 0.717) is 5.56 Å². The maximum Gasteiger partial charge on any atom is 0.322 e. The quantitative estimate of drug-likeness (QED) is 0.196. The average molecular weight is 441 g/mol. The number of rotatable bonds is 9. The number of aliphatic carboxylic acids is 1. The predicted molar refractivity (Wildman–Crippen MR) is 105 cm³/mol. The van der Waals surface area contributed by atoms with E-state index in [0.717, 1.165) is 0 Å². The molecule has 5 atom stereocenters. The molecule has 8 N–H and O–H groups in total. The first-order valence-electron chi connectivity index (χ1n) is 9.52. The van der Waals surface area contributed by atoms with Crippen LogP contribution in [0.25, 0.3) is 0 Å². The number of nitrogens with one attached hydrogen (secondary N) is 3. The zero-order valence-corrected chi connectivity index (χ0v) is 16.8. The van der Waals surface area contributed by atoms with Crippen LogP contribution in [-0.4, -0.2) is 93.1 Å². The normalized spacial score (nSPS) is 26.6. The number of hydrogen-bond donors (Lipinski definition) is 8. The highest BCUT2D eigenvalue weighted by atomic mass is 16.5. The van der Waals surface area contributed by atoms with Gasteiger partial charge in [-0.2, -0.15) is 0 Å². The number of aliphatic hydroxyl groups excluding tert-OH is 3. The number of ether oxygens (including phenoxy) is 1. The number of carbonyl (C=O) groups excluding carboxylic acids is 2. The van der Waals surface area contributed by atoms with E-state index in [2.05, 4.69) is 16.0 Å². The van der Waals surface area contributed by atoms with Gasteiger partial charge in [0.2, 0.25) is 11.8 Å². The molecule has 2 amide bonds. The molecule has 12 heteroatoms. The Morgan fingerprint density at radius 2 is 1.77 bits per heavy atom. The highest BCUT2D eigenvalue weighted by molar-refractivity contribution is 5.88. The summed E-state index contributed by atoms with van der Waals surface area (Å²) in [6.45, 7) is 0.0415. The largest absolute Gasteiger partial charge is 0.508 e. The third-order valence-corrected chi connectivity index (χ3v) is 4.85. The summed E-state index contributed by atoms with van der Waals surface area (Å²) >= 11 is 0. The maximum atomic E-state index is 12.8. The van der Waals surface area contributed by atoms with Crippen LogP contribution in [0.2, 0.25) is 0 Å². The zero-order chi connectivity index (χ0) is 23.2. The minimum absolute atomic E-state index is 0.0305. The molecule has 0 saturated carbocycles. The van der Waals surface area contributed by atoms with E-state index < -0.39 is 61.0 Å². The van der Waals surface area contributed by atoms with Gasteiger partial charge in [-0.05, 0) is 31.0 Å². The molecule has 1 saturated heterocycles. The second-order valence-corrected chi connectivity index (χ2v) is 7.38. The summed E-state index contributed by atoms with van der Waals surface area (Å²) < 4.78 is 5.45. The average Bonchev–Trinajstić information content (AvgIpc) is 2.73. The van der Waals surface area contributed by atoms with Gasteiger partial charge in [0.25, 0.3) is 0 Å². The molecule has 0 radical (unpaired) electrons. The molecule has 2 rings (SSSR count). The van der Waals surface area contributed by atoms with E-state index in [9.17, 15) is 34.8 Å². The number of aromatic hydroxyl groups is 1. The van der Waals surface area contributed by atoms with E-state index >= 15 is 0 Å². The van der Waals surface area contributed by atoms with Crippen LogP contribution in [-0.2, 0) is 25.5 Å². The van der Waals surface area contributed by atoms with Crippen molar-refractivity contribution in [1.29, 1.82) is 0 Å². The monoisotopic (exact) mass is 441 g/mol. The van der Waals surface area contributed by atoms with E-state index in [-0.39, 0.29) is 18.8 Å². The molecule has 1 aromatic carbocycles. The molecule has 172 valence electrons. The SMILES string of the molecule is C[C@@]1(N[C@@H](Cc2ccc(O)cc2)C(=O)NCC(=O)NCC(=O)O)OC[C@@H](O)[C@@H](O)[C@@H]1O. The lowest BCUT2D eigenvalue weighted by molar-refractivity contribution is -0.243. The third kappa shape index (κ3) is 6.87. The molecule has 0 unspecified atom stereocenters. The van der Waals surface area contributed by atoms with Crippen molar-refractivity contribution in [3.8, 4) is 5.75 Å². The molecular formula is C19H27N3O9. The van der Waals surface area contributed by atoms with Crippen LogP contribution in [0, 0.1) is 0 Å². The van der Waals surface area contributed by atoms with Crippen molar-refractivity contribution in [3.63, 3.8) is 0 Å². The number of carbonyl (C=O) groups is 3. The van der Waals surface area contributed by atoms with Crippen molar-refractivity contribution in [3.05, 3.63) is 29.8 Å². The molecule has 0 bridgehead atoms. The standard InChI is InChI=1S/C19H27N3O9/c1-19(17(29)16(28)13(24)9-31-19)22-12(6-10-2-4-11(23)5-3-10)18(30)21-7-14(25)20-8-15(26)27/h2-5,12-13,16-17,22-24,28-29H,6-9H2,1H3,(H,20,25)(H,21,30)(H,26,27)/t12-,13+,16+,17-,19+/m0/s1. The number of phenolic OH excluding ortho intramolecular Hbond substituents is 1. The van der Waals surface area contributed by atoms with Crippen LogP contribution in [0.4, 0.5) is 0 Å². The molecule has 31 heavy (non-hydrogen) atoms. The van der Waals surface area contributed by atoms with Crippen molar-refractivity contribution in [2.45, 2.75) is 43.4 Å². The highest BCUT2D eigenvalue weighted by Crippen LogP contribution is 2.25. The lowest BCUT2D eigenvalue weighted by Gasteiger charge is -2.45. The van der Waals surface area contributed by atoms with Gasteiger partial charge in [-0.15, -0.1) is 0 Å². The minimum atomic E-state index is -1.59. The van der Waals surface area contributed by atoms with Gasteiger partial charge < -0.3 is 40.9 Å². The van der Waals surface area contributed by atoms with Crippen LogP contribution in [0.1, 0.15) is 12.5 Å². The molecule has 1 aliphatic rings. The molecule has 1 heterocycles. The number of amides is 2. The summed E-state index contributed by atoms with van der Waals surface area (Å²) in [4.78, 5) is 35.0. The second kappa shape index (κ2) is 10.5. The Balaban J connectivity index is 2.12. The first kappa shape index (κ1) is 24.5. The molecule has 12 nitrogen and oxygen atoms in total. The Hall–Kier alpha value is -2.77. The van der Waals surface area contributed by atoms with Crippen molar-refractivity contribution in [1.82, 2.24) is 16.0 Å². The summed E-state index contributed by atoms with van der Waals surface area (Å²) in [5.74, 6) is -2.57. The van der Waals surface area contributed by atoms with Crippen molar-refractivity contribution < 1.29 is 44.7 Å². The fraction of sp³-hybridized carbons (Fsp3) is 0.526. The Kier molecular flexibility index (Phi) is 8.30. The number of benzene rings is 1. The van der Waals surface area contributed by atoms with Gasteiger partial charge in [0, 0.05) is 0 Å². The van der Waals surface area contributed by atoms with Gasteiger partial charge in [-0.25, -0.2) is 0 Å². The van der Waals surface area contributed by atoms with E-state index in [1.807, 2.05) is 0 Å². The lowest BCUT2D eigenvalue weighted by Crippen LogP contribution is -2.69. The smallest absolute Gasteiger partial charge is 0.322 e. The van der Waals surface area contributed by atoms with Gasteiger partial charge in [-0.1, -0.05) is 12.1 Å². The van der Waals surface area contributed by atoms with E-state index in [4.69, 9.17) is 9.84 Å². The zero-order valence-electron chi connectivity index (χ0n) is 16.8.